The van der Waals surface area contributed by atoms with E-state index < -0.39 is 0 Å². The molecule has 1 aromatic rings. The fraction of sp³-hybridized carbons (Fsp3) is 0.533. The van der Waals surface area contributed by atoms with Crippen molar-refractivity contribution in [1.82, 2.24) is 0 Å². The Kier molecular flexibility index (Phi) is 5.12. The molecule has 0 heterocycles. The molecule has 110 valence electrons. The average Bonchev–Trinajstić information content (AvgIpc) is 2.47. The summed E-state index contributed by atoms with van der Waals surface area (Å²) in [5.41, 5.74) is 7.28. The maximum Gasteiger partial charge on any atom is 0.173 e. The molecule has 0 radical (unpaired) electrons. The molecule has 0 saturated heterocycles. The fourth-order valence-electron chi connectivity index (χ4n) is 2.99. The molecule has 1 aliphatic carbocycles. The van der Waals surface area contributed by atoms with Crippen molar-refractivity contribution in [2.75, 3.05) is 18.5 Å². The van der Waals surface area contributed by atoms with E-state index in [9.17, 15) is 0 Å². The molecule has 0 aliphatic heterocycles. The quantitative estimate of drug-likeness (QED) is 0.387. The van der Waals surface area contributed by atoms with Gasteiger partial charge in [-0.1, -0.05) is 42.1 Å². The van der Waals surface area contributed by atoms with Crippen LogP contribution in [0.15, 0.2) is 23.4 Å². The Labute approximate surface area is 125 Å². The summed E-state index contributed by atoms with van der Waals surface area (Å²) in [6, 6.07) is 5.61. The highest BCUT2D eigenvalue weighted by molar-refractivity contribution is 6.34. The van der Waals surface area contributed by atoms with Crippen molar-refractivity contribution in [2.24, 2.45) is 16.8 Å². The van der Waals surface area contributed by atoms with Crippen molar-refractivity contribution in [2.45, 2.75) is 32.1 Å². The zero-order chi connectivity index (χ0) is 14.5. The summed E-state index contributed by atoms with van der Waals surface area (Å²) < 4.78 is 0. The number of halogens is 1. The minimum Gasteiger partial charge on any atom is -0.409 e. The first-order valence-electron chi connectivity index (χ1n) is 7.11. The van der Waals surface area contributed by atoms with Gasteiger partial charge < -0.3 is 15.8 Å². The minimum atomic E-state index is 0.0566. The molecule has 0 spiro atoms. The lowest BCUT2D eigenvalue weighted by Gasteiger charge is -2.29. The van der Waals surface area contributed by atoms with Gasteiger partial charge in [0.1, 0.15) is 0 Å². The lowest BCUT2D eigenvalue weighted by molar-refractivity contribution is 0.318. The number of anilines is 1. The zero-order valence-corrected chi connectivity index (χ0v) is 12.6. The van der Waals surface area contributed by atoms with Crippen LogP contribution < -0.4 is 10.6 Å². The second-order valence-electron chi connectivity index (χ2n) is 5.50. The molecule has 1 saturated carbocycles. The zero-order valence-electron chi connectivity index (χ0n) is 11.8. The summed E-state index contributed by atoms with van der Waals surface area (Å²) in [5.74, 6) is 0.772. The standard InChI is InChI=1S/C15H22ClN3O/c1-19(10-11-6-3-2-4-7-11)13-9-5-8-12(16)14(13)15(17)18-20/h5,8-9,11,20H,2-4,6-7,10H2,1H3,(H2,17,18). The van der Waals surface area contributed by atoms with Crippen LogP contribution in [0.1, 0.15) is 37.7 Å². The number of amidine groups is 1. The van der Waals surface area contributed by atoms with E-state index in [1.807, 2.05) is 19.2 Å². The largest absolute Gasteiger partial charge is 0.409 e. The third kappa shape index (κ3) is 3.37. The van der Waals surface area contributed by atoms with Gasteiger partial charge in [0.05, 0.1) is 10.6 Å². The van der Waals surface area contributed by atoms with Gasteiger partial charge in [0.25, 0.3) is 0 Å². The van der Waals surface area contributed by atoms with Gasteiger partial charge in [-0.05, 0) is 30.9 Å². The maximum atomic E-state index is 8.93. The van der Waals surface area contributed by atoms with Gasteiger partial charge in [0.15, 0.2) is 5.84 Å². The van der Waals surface area contributed by atoms with E-state index in [0.29, 0.717) is 16.5 Å². The fourth-order valence-corrected chi connectivity index (χ4v) is 3.26. The van der Waals surface area contributed by atoms with E-state index in [1.165, 1.54) is 32.1 Å². The molecule has 2 rings (SSSR count). The highest BCUT2D eigenvalue weighted by Crippen LogP contribution is 2.30. The number of nitrogens with zero attached hydrogens (tertiary/aromatic N) is 2. The molecular weight excluding hydrogens is 274 g/mol. The number of hydrogen-bond donors (Lipinski definition) is 2. The summed E-state index contributed by atoms with van der Waals surface area (Å²) >= 11 is 6.19. The molecule has 1 fully saturated rings. The van der Waals surface area contributed by atoms with Crippen LogP contribution in [0.5, 0.6) is 0 Å². The highest BCUT2D eigenvalue weighted by Gasteiger charge is 2.19. The van der Waals surface area contributed by atoms with Gasteiger partial charge in [0, 0.05) is 19.3 Å². The van der Waals surface area contributed by atoms with Crippen LogP contribution in [0.3, 0.4) is 0 Å². The molecule has 0 bridgehead atoms. The van der Waals surface area contributed by atoms with Crippen molar-refractivity contribution >= 4 is 23.1 Å². The van der Waals surface area contributed by atoms with Gasteiger partial charge in [-0.15, -0.1) is 0 Å². The monoisotopic (exact) mass is 295 g/mol. The van der Waals surface area contributed by atoms with Crippen LogP contribution in [0.4, 0.5) is 5.69 Å². The summed E-state index contributed by atoms with van der Waals surface area (Å²) in [5, 5.41) is 12.5. The maximum absolute atomic E-state index is 8.93. The van der Waals surface area contributed by atoms with Gasteiger partial charge in [-0.25, -0.2) is 0 Å². The van der Waals surface area contributed by atoms with Crippen LogP contribution >= 0.6 is 11.6 Å². The predicted octanol–water partition coefficient (Wildman–Crippen LogP) is 3.45. The first-order chi connectivity index (χ1) is 9.63. The second kappa shape index (κ2) is 6.84. The molecule has 20 heavy (non-hydrogen) atoms. The van der Waals surface area contributed by atoms with Crippen molar-refractivity contribution in [1.29, 1.82) is 0 Å². The van der Waals surface area contributed by atoms with Crippen LogP contribution in [-0.2, 0) is 0 Å². The third-order valence-corrected chi connectivity index (χ3v) is 4.34. The van der Waals surface area contributed by atoms with E-state index in [1.54, 1.807) is 6.07 Å². The lowest BCUT2D eigenvalue weighted by Crippen LogP contribution is -2.29. The molecule has 5 heteroatoms. The smallest absolute Gasteiger partial charge is 0.173 e. The SMILES string of the molecule is CN(CC1CCCCC1)c1cccc(Cl)c1C(N)=NO. The van der Waals surface area contributed by atoms with E-state index >= 15 is 0 Å². The molecule has 0 aromatic heterocycles. The van der Waals surface area contributed by atoms with Crippen LogP contribution in [0.2, 0.25) is 5.02 Å². The average molecular weight is 296 g/mol. The molecule has 4 nitrogen and oxygen atoms in total. The van der Waals surface area contributed by atoms with Gasteiger partial charge in [0.2, 0.25) is 0 Å². The molecule has 0 atom stereocenters. The normalized spacial score (nSPS) is 17.2. The first kappa shape index (κ1) is 15.0. The van der Waals surface area contributed by atoms with Crippen molar-refractivity contribution in [3.05, 3.63) is 28.8 Å². The predicted molar refractivity (Wildman–Crippen MR) is 83.8 cm³/mol. The summed E-state index contributed by atoms with van der Waals surface area (Å²) in [6.45, 7) is 0.978. The van der Waals surface area contributed by atoms with Crippen LogP contribution in [0, 0.1) is 5.92 Å². The van der Waals surface area contributed by atoms with Crippen LogP contribution in [0.25, 0.3) is 0 Å². The van der Waals surface area contributed by atoms with Gasteiger partial charge in [-0.3, -0.25) is 0 Å². The Morgan fingerprint density at radius 3 is 2.75 bits per heavy atom. The molecule has 0 amide bonds. The lowest BCUT2D eigenvalue weighted by atomic mass is 9.89. The van der Waals surface area contributed by atoms with Crippen molar-refractivity contribution in [3.8, 4) is 0 Å². The van der Waals surface area contributed by atoms with E-state index in [0.717, 1.165) is 12.2 Å². The number of oxime groups is 1. The molecule has 0 unspecified atom stereocenters. The van der Waals surface area contributed by atoms with Gasteiger partial charge in [-0.2, -0.15) is 0 Å². The number of hydrogen-bond acceptors (Lipinski definition) is 3. The molecule has 1 aromatic carbocycles. The Morgan fingerprint density at radius 1 is 1.40 bits per heavy atom. The van der Waals surface area contributed by atoms with Crippen molar-refractivity contribution in [3.63, 3.8) is 0 Å². The Balaban J connectivity index is 2.20. The summed E-state index contributed by atoms with van der Waals surface area (Å²) in [4.78, 5) is 2.16. The Bertz CT molecular complexity index is 484. The van der Waals surface area contributed by atoms with E-state index in [2.05, 4.69) is 10.1 Å². The summed E-state index contributed by atoms with van der Waals surface area (Å²) in [6.07, 6.45) is 6.56. The third-order valence-electron chi connectivity index (χ3n) is 4.02. The number of rotatable bonds is 4. The molecule has 3 N–H and O–H groups in total. The highest BCUT2D eigenvalue weighted by atomic mass is 35.5. The Hall–Kier alpha value is -1.42. The second-order valence-corrected chi connectivity index (χ2v) is 5.91. The Morgan fingerprint density at radius 2 is 2.10 bits per heavy atom. The minimum absolute atomic E-state index is 0.0566. The first-order valence-corrected chi connectivity index (χ1v) is 7.49. The van der Waals surface area contributed by atoms with Gasteiger partial charge >= 0.3 is 0 Å². The molecular formula is C15H22ClN3O. The van der Waals surface area contributed by atoms with Crippen LogP contribution in [-0.4, -0.2) is 24.6 Å². The topological polar surface area (TPSA) is 61.8 Å². The molecule has 1 aliphatic rings. The number of nitrogens with two attached hydrogens (primary N) is 1. The summed E-state index contributed by atoms with van der Waals surface area (Å²) in [7, 11) is 2.04. The van der Waals surface area contributed by atoms with E-state index in [4.69, 9.17) is 22.5 Å². The van der Waals surface area contributed by atoms with E-state index in [-0.39, 0.29) is 5.84 Å². The number of benzene rings is 1. The van der Waals surface area contributed by atoms with Crippen molar-refractivity contribution < 1.29 is 5.21 Å².